The molecule has 2 aliphatic rings. The summed E-state index contributed by atoms with van der Waals surface area (Å²) in [5, 5.41) is 0. The quantitative estimate of drug-likeness (QED) is 0.734. The zero-order chi connectivity index (χ0) is 16.9. The lowest BCUT2D eigenvalue weighted by atomic mass is 9.84. The number of rotatable bonds is 3. The van der Waals surface area contributed by atoms with Crippen molar-refractivity contribution in [3.05, 3.63) is 11.6 Å². The number of allylic oxidation sites excluding steroid dienone is 1. The van der Waals surface area contributed by atoms with E-state index >= 15 is 0 Å². The van der Waals surface area contributed by atoms with Crippen molar-refractivity contribution in [2.45, 2.75) is 65.4 Å². The molecule has 1 saturated carbocycles. The summed E-state index contributed by atoms with van der Waals surface area (Å²) in [5.41, 5.74) is 1.16. The van der Waals surface area contributed by atoms with Crippen molar-refractivity contribution in [2.24, 2.45) is 5.92 Å². The Bertz CT molecular complexity index is 412. The number of carbonyl (C=O) groups excluding carboxylic acids is 1. The van der Waals surface area contributed by atoms with E-state index in [1.165, 1.54) is 32.1 Å². The molecular formula is C19H34N2O2. The largest absolute Gasteiger partial charge is 0.444 e. The number of hydrogen-bond donors (Lipinski definition) is 0. The third-order valence-electron chi connectivity index (χ3n) is 4.94. The third-order valence-corrected chi connectivity index (χ3v) is 4.94. The van der Waals surface area contributed by atoms with Crippen LogP contribution >= 0.6 is 0 Å². The van der Waals surface area contributed by atoms with Crippen LogP contribution in [-0.2, 0) is 4.74 Å². The molecule has 0 unspecified atom stereocenters. The molecule has 0 N–H and O–H groups in total. The average Bonchev–Trinajstić information content (AvgIpc) is 2.52. The summed E-state index contributed by atoms with van der Waals surface area (Å²) < 4.78 is 5.45. The lowest BCUT2D eigenvalue weighted by Crippen LogP contribution is -2.49. The van der Waals surface area contributed by atoms with Crippen molar-refractivity contribution in [2.75, 3.05) is 32.7 Å². The highest BCUT2D eigenvalue weighted by Gasteiger charge is 2.25. The maximum Gasteiger partial charge on any atom is 0.410 e. The molecule has 1 heterocycles. The van der Waals surface area contributed by atoms with Crippen LogP contribution in [0.2, 0.25) is 0 Å². The van der Waals surface area contributed by atoms with Gasteiger partial charge in [-0.15, -0.1) is 0 Å². The molecule has 0 radical (unpaired) electrons. The Kier molecular flexibility index (Phi) is 6.51. The molecule has 1 aliphatic heterocycles. The van der Waals surface area contributed by atoms with Gasteiger partial charge < -0.3 is 9.64 Å². The van der Waals surface area contributed by atoms with E-state index in [-0.39, 0.29) is 6.09 Å². The molecule has 2 fully saturated rings. The average molecular weight is 322 g/mol. The van der Waals surface area contributed by atoms with Gasteiger partial charge >= 0.3 is 6.09 Å². The van der Waals surface area contributed by atoms with Gasteiger partial charge in [-0.2, -0.15) is 0 Å². The van der Waals surface area contributed by atoms with E-state index in [9.17, 15) is 4.79 Å². The fourth-order valence-corrected chi connectivity index (χ4v) is 3.44. The summed E-state index contributed by atoms with van der Waals surface area (Å²) in [4.78, 5) is 16.3. The molecule has 0 bridgehead atoms. The molecule has 1 saturated heterocycles. The van der Waals surface area contributed by atoms with Gasteiger partial charge in [-0.1, -0.05) is 30.9 Å². The van der Waals surface area contributed by atoms with Crippen molar-refractivity contribution >= 4 is 6.09 Å². The molecule has 4 heteroatoms. The van der Waals surface area contributed by atoms with Crippen molar-refractivity contribution in [1.82, 2.24) is 9.80 Å². The second kappa shape index (κ2) is 8.18. The van der Waals surface area contributed by atoms with E-state index in [2.05, 4.69) is 17.9 Å². The summed E-state index contributed by atoms with van der Waals surface area (Å²) in [6.07, 6.45) is 9.18. The summed E-state index contributed by atoms with van der Waals surface area (Å²) in [6, 6.07) is 0. The number of carbonyl (C=O) groups is 1. The monoisotopic (exact) mass is 322 g/mol. The van der Waals surface area contributed by atoms with E-state index in [0.29, 0.717) is 0 Å². The van der Waals surface area contributed by atoms with Gasteiger partial charge in [0.15, 0.2) is 0 Å². The summed E-state index contributed by atoms with van der Waals surface area (Å²) >= 11 is 0. The third kappa shape index (κ3) is 6.17. The molecule has 1 amide bonds. The van der Waals surface area contributed by atoms with Crippen LogP contribution in [0.4, 0.5) is 4.79 Å². The Labute approximate surface area is 141 Å². The Morgan fingerprint density at radius 1 is 1.09 bits per heavy atom. The Morgan fingerprint density at radius 3 is 2.26 bits per heavy atom. The first-order valence-corrected chi connectivity index (χ1v) is 9.22. The standard InChI is InChI=1S/C19H34N2O2/c1-16(17-8-6-5-7-9-17)10-11-20-12-14-21(15-13-20)18(22)23-19(2,3)4/h10,17H,5-9,11-15H2,1-4H3/b16-10+. The number of piperazine rings is 1. The molecule has 23 heavy (non-hydrogen) atoms. The first-order chi connectivity index (χ1) is 10.8. The van der Waals surface area contributed by atoms with E-state index in [1.807, 2.05) is 25.7 Å². The predicted octanol–water partition coefficient (Wildman–Crippen LogP) is 4.07. The van der Waals surface area contributed by atoms with Gasteiger partial charge in [0, 0.05) is 32.7 Å². The van der Waals surface area contributed by atoms with Crippen LogP contribution in [0.15, 0.2) is 11.6 Å². The molecule has 0 aromatic heterocycles. The van der Waals surface area contributed by atoms with E-state index < -0.39 is 5.60 Å². The van der Waals surface area contributed by atoms with Gasteiger partial charge in [0.25, 0.3) is 0 Å². The van der Waals surface area contributed by atoms with Gasteiger partial charge in [0.1, 0.15) is 5.60 Å². The van der Waals surface area contributed by atoms with Gasteiger partial charge in [-0.25, -0.2) is 4.79 Å². The van der Waals surface area contributed by atoms with Crippen molar-refractivity contribution in [3.63, 3.8) is 0 Å². The highest BCUT2D eigenvalue weighted by molar-refractivity contribution is 5.68. The van der Waals surface area contributed by atoms with Crippen molar-refractivity contribution in [1.29, 1.82) is 0 Å². The zero-order valence-corrected chi connectivity index (χ0v) is 15.4. The molecule has 0 aromatic carbocycles. The van der Waals surface area contributed by atoms with Crippen LogP contribution in [-0.4, -0.2) is 54.2 Å². The first kappa shape index (κ1) is 18.3. The predicted molar refractivity (Wildman–Crippen MR) is 94.6 cm³/mol. The minimum atomic E-state index is -0.409. The minimum absolute atomic E-state index is 0.175. The van der Waals surface area contributed by atoms with Crippen molar-refractivity contribution < 1.29 is 9.53 Å². The lowest BCUT2D eigenvalue weighted by Gasteiger charge is -2.35. The molecule has 0 spiro atoms. The maximum absolute atomic E-state index is 12.1. The number of nitrogens with zero attached hydrogens (tertiary/aromatic N) is 2. The summed E-state index contributed by atoms with van der Waals surface area (Å²) in [5.74, 6) is 0.812. The van der Waals surface area contributed by atoms with Crippen LogP contribution < -0.4 is 0 Å². The second-order valence-electron chi connectivity index (χ2n) is 8.05. The smallest absolute Gasteiger partial charge is 0.410 e. The van der Waals surface area contributed by atoms with Crippen molar-refractivity contribution in [3.8, 4) is 0 Å². The van der Waals surface area contributed by atoms with Crippen LogP contribution in [0.3, 0.4) is 0 Å². The van der Waals surface area contributed by atoms with Crippen LogP contribution in [0.1, 0.15) is 59.8 Å². The van der Waals surface area contributed by atoms with E-state index in [4.69, 9.17) is 4.74 Å². The first-order valence-electron chi connectivity index (χ1n) is 9.22. The number of hydrogen-bond acceptors (Lipinski definition) is 3. The van der Waals surface area contributed by atoms with Crippen LogP contribution in [0, 0.1) is 5.92 Å². The SMILES string of the molecule is C/C(=C\CN1CCN(C(=O)OC(C)(C)C)CC1)C1CCCCC1. The highest BCUT2D eigenvalue weighted by Crippen LogP contribution is 2.29. The fraction of sp³-hybridized carbons (Fsp3) is 0.842. The zero-order valence-electron chi connectivity index (χ0n) is 15.4. The normalized spacial score (nSPS) is 22.3. The molecule has 0 aromatic rings. The number of amides is 1. The van der Waals surface area contributed by atoms with Crippen LogP contribution in [0.25, 0.3) is 0 Å². The van der Waals surface area contributed by atoms with Gasteiger partial charge in [-0.3, -0.25) is 4.90 Å². The molecule has 2 rings (SSSR count). The van der Waals surface area contributed by atoms with Gasteiger partial charge in [-0.05, 0) is 46.5 Å². The van der Waals surface area contributed by atoms with E-state index in [0.717, 1.165) is 38.6 Å². The summed E-state index contributed by atoms with van der Waals surface area (Å²) in [6.45, 7) is 12.5. The second-order valence-corrected chi connectivity index (χ2v) is 8.05. The lowest BCUT2D eigenvalue weighted by molar-refractivity contribution is 0.0154. The van der Waals surface area contributed by atoms with Crippen LogP contribution in [0.5, 0.6) is 0 Å². The minimum Gasteiger partial charge on any atom is -0.444 e. The maximum atomic E-state index is 12.1. The Morgan fingerprint density at radius 2 is 1.70 bits per heavy atom. The van der Waals surface area contributed by atoms with Gasteiger partial charge in [0.05, 0.1) is 0 Å². The highest BCUT2D eigenvalue weighted by atomic mass is 16.6. The van der Waals surface area contributed by atoms with Gasteiger partial charge in [0.2, 0.25) is 0 Å². The number of ether oxygens (including phenoxy) is 1. The topological polar surface area (TPSA) is 32.8 Å². The molecule has 1 aliphatic carbocycles. The summed E-state index contributed by atoms with van der Waals surface area (Å²) in [7, 11) is 0. The Balaban J connectivity index is 1.73. The Hall–Kier alpha value is -1.03. The fourth-order valence-electron chi connectivity index (χ4n) is 3.44. The van der Waals surface area contributed by atoms with E-state index in [1.54, 1.807) is 5.57 Å². The molecule has 0 atom stereocenters. The molecule has 4 nitrogen and oxygen atoms in total. The molecule has 132 valence electrons. The molecular weight excluding hydrogens is 288 g/mol.